The maximum absolute atomic E-state index is 13.2. The standard InChI is InChI=1S/C21H23N5O7S/c1-14-19(20(27)22-13-16-6-5-11-32-16)23-24(2)21(14)33-17-8-7-15(26(28)29)12-18(17)34(30,31)25-9-3-4-10-25/h5-8,11-12H,3-4,9-10,13H2,1-2H3,(H,22,27). The summed E-state index contributed by atoms with van der Waals surface area (Å²) in [6.07, 6.45) is 2.92. The minimum atomic E-state index is -4.03. The third-order valence-corrected chi connectivity index (χ3v) is 7.39. The lowest BCUT2D eigenvalue weighted by Crippen LogP contribution is -2.28. The molecule has 0 spiro atoms. The number of benzene rings is 1. The number of hydrogen-bond acceptors (Lipinski definition) is 8. The van der Waals surface area contributed by atoms with Crippen LogP contribution in [0, 0.1) is 17.0 Å². The first-order valence-electron chi connectivity index (χ1n) is 10.5. The molecule has 12 nitrogen and oxygen atoms in total. The molecule has 180 valence electrons. The van der Waals surface area contributed by atoms with Crippen molar-refractivity contribution in [3.05, 3.63) is 63.7 Å². The molecule has 1 aliphatic heterocycles. The molecule has 3 aromatic rings. The molecule has 1 amide bonds. The number of nitrogens with zero attached hydrogens (tertiary/aromatic N) is 4. The minimum absolute atomic E-state index is 0.0915. The van der Waals surface area contributed by atoms with Gasteiger partial charge in [-0.1, -0.05) is 0 Å². The molecule has 0 unspecified atom stereocenters. The molecule has 0 saturated carbocycles. The van der Waals surface area contributed by atoms with E-state index in [2.05, 4.69) is 10.4 Å². The average Bonchev–Trinajstić information content (AvgIpc) is 3.57. The fourth-order valence-electron chi connectivity index (χ4n) is 3.70. The Morgan fingerprint density at radius 3 is 2.68 bits per heavy atom. The zero-order chi connectivity index (χ0) is 24.5. The number of aryl methyl sites for hydroxylation is 1. The Bertz CT molecular complexity index is 1330. The second kappa shape index (κ2) is 9.27. The summed E-state index contributed by atoms with van der Waals surface area (Å²) < 4.78 is 40.2. The van der Waals surface area contributed by atoms with Gasteiger partial charge in [0.25, 0.3) is 11.6 Å². The molecule has 4 rings (SSSR count). The molecule has 2 aromatic heterocycles. The fourth-order valence-corrected chi connectivity index (χ4v) is 5.36. The second-order valence-electron chi connectivity index (χ2n) is 7.77. The molecule has 0 atom stereocenters. The average molecular weight is 490 g/mol. The summed E-state index contributed by atoms with van der Waals surface area (Å²) in [6, 6.07) is 6.82. The van der Waals surface area contributed by atoms with Gasteiger partial charge >= 0.3 is 0 Å². The lowest BCUT2D eigenvalue weighted by molar-refractivity contribution is -0.385. The minimum Gasteiger partial charge on any atom is -0.467 e. The zero-order valence-electron chi connectivity index (χ0n) is 18.6. The van der Waals surface area contributed by atoms with Crippen LogP contribution in [-0.2, 0) is 23.6 Å². The van der Waals surface area contributed by atoms with E-state index in [0.29, 0.717) is 37.3 Å². The molecule has 1 N–H and O–H groups in total. The Balaban J connectivity index is 1.66. The predicted molar refractivity (Wildman–Crippen MR) is 119 cm³/mol. The van der Waals surface area contributed by atoms with E-state index in [0.717, 1.165) is 6.07 Å². The van der Waals surface area contributed by atoms with E-state index in [1.807, 2.05) is 0 Å². The van der Waals surface area contributed by atoms with Gasteiger partial charge in [0, 0.05) is 37.8 Å². The van der Waals surface area contributed by atoms with Crippen LogP contribution in [0.25, 0.3) is 0 Å². The van der Waals surface area contributed by atoms with Crippen molar-refractivity contribution in [2.45, 2.75) is 31.2 Å². The molecular weight excluding hydrogens is 466 g/mol. The zero-order valence-corrected chi connectivity index (χ0v) is 19.4. The molecule has 1 aromatic carbocycles. The molecule has 0 bridgehead atoms. The molecule has 3 heterocycles. The van der Waals surface area contributed by atoms with Crippen molar-refractivity contribution in [3.63, 3.8) is 0 Å². The normalized spacial score (nSPS) is 14.3. The van der Waals surface area contributed by atoms with Crippen LogP contribution in [0.4, 0.5) is 5.69 Å². The monoisotopic (exact) mass is 489 g/mol. The highest BCUT2D eigenvalue weighted by Crippen LogP contribution is 2.36. The number of carbonyl (C=O) groups is 1. The number of non-ortho nitro benzene ring substituents is 1. The summed E-state index contributed by atoms with van der Waals surface area (Å²) in [7, 11) is -2.48. The molecular formula is C21H23N5O7S. The fraction of sp³-hybridized carbons (Fsp3) is 0.333. The predicted octanol–water partition coefficient (Wildman–Crippen LogP) is 2.74. The van der Waals surface area contributed by atoms with Crippen LogP contribution >= 0.6 is 0 Å². The number of rotatable bonds is 8. The number of carbonyl (C=O) groups excluding carboxylic acids is 1. The first kappa shape index (κ1) is 23.4. The number of nitro benzene ring substituents is 1. The van der Waals surface area contributed by atoms with Crippen LogP contribution in [0.2, 0.25) is 0 Å². The van der Waals surface area contributed by atoms with Crippen LogP contribution in [0.1, 0.15) is 34.7 Å². The quantitative estimate of drug-likeness (QED) is 0.375. The Hall–Kier alpha value is -3.71. The molecule has 34 heavy (non-hydrogen) atoms. The second-order valence-corrected chi connectivity index (χ2v) is 9.67. The van der Waals surface area contributed by atoms with Gasteiger partial charge in [0.15, 0.2) is 5.69 Å². The molecule has 13 heteroatoms. The summed E-state index contributed by atoms with van der Waals surface area (Å²) in [4.78, 5) is 23.0. The maximum Gasteiger partial charge on any atom is 0.272 e. The van der Waals surface area contributed by atoms with E-state index in [4.69, 9.17) is 9.15 Å². The van der Waals surface area contributed by atoms with Crippen molar-refractivity contribution < 1.29 is 27.3 Å². The number of nitro groups is 1. The highest BCUT2D eigenvalue weighted by molar-refractivity contribution is 7.89. The SMILES string of the molecule is Cc1c(C(=O)NCc2ccco2)nn(C)c1Oc1ccc([N+](=O)[O-])cc1S(=O)(=O)N1CCCC1. The Labute approximate surface area is 195 Å². The first-order chi connectivity index (χ1) is 16.2. The van der Waals surface area contributed by atoms with Crippen molar-refractivity contribution in [2.75, 3.05) is 13.1 Å². The number of sulfonamides is 1. The van der Waals surface area contributed by atoms with Crippen molar-refractivity contribution in [2.24, 2.45) is 7.05 Å². The van der Waals surface area contributed by atoms with Gasteiger partial charge in [-0.3, -0.25) is 14.9 Å². The summed E-state index contributed by atoms with van der Waals surface area (Å²) in [6.45, 7) is 2.44. The third-order valence-electron chi connectivity index (χ3n) is 5.47. The smallest absolute Gasteiger partial charge is 0.272 e. The molecule has 1 fully saturated rings. The van der Waals surface area contributed by atoms with Crippen molar-refractivity contribution in [1.82, 2.24) is 19.4 Å². The highest BCUT2D eigenvalue weighted by atomic mass is 32.2. The Morgan fingerprint density at radius 1 is 1.29 bits per heavy atom. The van der Waals surface area contributed by atoms with E-state index >= 15 is 0 Å². The Morgan fingerprint density at radius 2 is 2.03 bits per heavy atom. The van der Waals surface area contributed by atoms with Crippen molar-refractivity contribution >= 4 is 21.6 Å². The number of furan rings is 1. The van der Waals surface area contributed by atoms with E-state index in [-0.39, 0.29) is 34.5 Å². The third kappa shape index (κ3) is 4.52. The van der Waals surface area contributed by atoms with Crippen LogP contribution < -0.4 is 10.1 Å². The van der Waals surface area contributed by atoms with Gasteiger partial charge in [-0.15, -0.1) is 0 Å². The molecule has 0 radical (unpaired) electrons. The van der Waals surface area contributed by atoms with Crippen LogP contribution in [-0.4, -0.2) is 46.4 Å². The van der Waals surface area contributed by atoms with Crippen molar-refractivity contribution in [1.29, 1.82) is 0 Å². The number of amides is 1. The number of ether oxygens (including phenoxy) is 1. The Kier molecular flexibility index (Phi) is 6.39. The van der Waals surface area contributed by atoms with Gasteiger partial charge in [-0.2, -0.15) is 9.40 Å². The first-order valence-corrected chi connectivity index (χ1v) is 11.9. The molecule has 1 aliphatic rings. The maximum atomic E-state index is 13.2. The van der Waals surface area contributed by atoms with Crippen molar-refractivity contribution in [3.8, 4) is 11.6 Å². The topological polar surface area (TPSA) is 150 Å². The number of nitrogens with one attached hydrogen (secondary N) is 1. The summed E-state index contributed by atoms with van der Waals surface area (Å²) in [5, 5.41) is 18.2. The lowest BCUT2D eigenvalue weighted by atomic mass is 10.2. The van der Waals surface area contributed by atoms with Gasteiger partial charge in [0.05, 0.1) is 17.7 Å². The summed E-state index contributed by atoms with van der Waals surface area (Å²) in [5.74, 6) is 0.148. The van der Waals surface area contributed by atoms with Gasteiger partial charge in [0.2, 0.25) is 15.9 Å². The number of hydrogen-bond donors (Lipinski definition) is 1. The largest absolute Gasteiger partial charge is 0.467 e. The number of aromatic nitrogens is 2. The summed E-state index contributed by atoms with van der Waals surface area (Å²) >= 11 is 0. The summed E-state index contributed by atoms with van der Waals surface area (Å²) in [5.41, 5.74) is 0.0991. The van der Waals surface area contributed by atoms with E-state index < -0.39 is 20.9 Å². The van der Waals surface area contributed by atoms with Gasteiger partial charge in [-0.25, -0.2) is 13.1 Å². The highest BCUT2D eigenvalue weighted by Gasteiger charge is 2.32. The van der Waals surface area contributed by atoms with Gasteiger partial charge < -0.3 is 14.5 Å². The van der Waals surface area contributed by atoms with Gasteiger partial charge in [-0.05, 0) is 38.0 Å². The van der Waals surface area contributed by atoms with E-state index in [1.165, 1.54) is 27.4 Å². The van der Waals surface area contributed by atoms with E-state index in [1.54, 1.807) is 26.1 Å². The van der Waals surface area contributed by atoms with Crippen LogP contribution in [0.5, 0.6) is 11.6 Å². The molecule has 0 aliphatic carbocycles. The van der Waals surface area contributed by atoms with Crippen LogP contribution in [0.3, 0.4) is 0 Å². The van der Waals surface area contributed by atoms with Gasteiger partial charge in [0.1, 0.15) is 16.4 Å². The molecule has 1 saturated heterocycles. The lowest BCUT2D eigenvalue weighted by Gasteiger charge is -2.18. The van der Waals surface area contributed by atoms with E-state index in [9.17, 15) is 23.3 Å². The van der Waals surface area contributed by atoms with Crippen LogP contribution in [0.15, 0.2) is 45.9 Å².